The van der Waals surface area contributed by atoms with Crippen LogP contribution in [0.15, 0.2) is 0 Å². The zero-order valence-electron chi connectivity index (χ0n) is 13.0. The van der Waals surface area contributed by atoms with Gasteiger partial charge in [0.1, 0.15) is 0 Å². The van der Waals surface area contributed by atoms with Gasteiger partial charge in [0.2, 0.25) is 11.8 Å². The van der Waals surface area contributed by atoms with E-state index in [9.17, 15) is 9.59 Å². The predicted octanol–water partition coefficient (Wildman–Crippen LogP) is 1.89. The van der Waals surface area contributed by atoms with Crippen LogP contribution in [0.5, 0.6) is 0 Å². The number of amides is 2. The zero-order valence-corrected chi connectivity index (χ0v) is 13.0. The van der Waals surface area contributed by atoms with Gasteiger partial charge >= 0.3 is 0 Å². The second-order valence-corrected chi connectivity index (χ2v) is 7.41. The molecule has 0 aromatic rings. The topological polar surface area (TPSA) is 40.6 Å². The van der Waals surface area contributed by atoms with Crippen LogP contribution in [-0.2, 0) is 9.59 Å². The van der Waals surface area contributed by atoms with Crippen LogP contribution in [0.25, 0.3) is 0 Å². The van der Waals surface area contributed by atoms with E-state index in [2.05, 4.69) is 27.7 Å². The number of nitrogens with zero attached hydrogens (tertiary/aromatic N) is 2. The number of likely N-dealkylation sites (tertiary alicyclic amines) is 2. The van der Waals surface area contributed by atoms with Gasteiger partial charge in [-0.05, 0) is 27.7 Å². The highest BCUT2D eigenvalue weighted by atomic mass is 16.2. The Labute approximate surface area is 116 Å². The summed E-state index contributed by atoms with van der Waals surface area (Å²) in [6.45, 7) is 14.0. The maximum atomic E-state index is 12.6. The fourth-order valence-corrected chi connectivity index (χ4v) is 3.03. The molecule has 2 aliphatic rings. The van der Waals surface area contributed by atoms with Crippen molar-refractivity contribution in [3.05, 3.63) is 0 Å². The lowest BCUT2D eigenvalue weighted by Crippen LogP contribution is -2.71. The third-order valence-electron chi connectivity index (χ3n) is 5.28. The fraction of sp³-hybridized carbons (Fsp3) is 0.867. The fourth-order valence-electron chi connectivity index (χ4n) is 3.03. The van der Waals surface area contributed by atoms with Crippen LogP contribution in [0.4, 0.5) is 0 Å². The van der Waals surface area contributed by atoms with Gasteiger partial charge in [0.05, 0.1) is 5.92 Å². The van der Waals surface area contributed by atoms with Gasteiger partial charge in [0.15, 0.2) is 0 Å². The molecule has 4 nitrogen and oxygen atoms in total. The number of hydrogen-bond acceptors (Lipinski definition) is 2. The first kappa shape index (κ1) is 14.4. The summed E-state index contributed by atoms with van der Waals surface area (Å²) in [4.78, 5) is 28.3. The van der Waals surface area contributed by atoms with E-state index in [-0.39, 0.29) is 34.7 Å². The smallest absolute Gasteiger partial charge is 0.228 e. The summed E-state index contributed by atoms with van der Waals surface area (Å²) in [5.74, 6) is 0.122. The lowest BCUT2D eigenvalue weighted by atomic mass is 9.65. The average Bonchev–Trinajstić information content (AvgIpc) is 2.67. The largest absolute Gasteiger partial charge is 0.339 e. The van der Waals surface area contributed by atoms with E-state index < -0.39 is 0 Å². The molecule has 0 N–H and O–H groups in total. The molecule has 0 saturated carbocycles. The summed E-state index contributed by atoms with van der Waals surface area (Å²) in [6, 6.07) is 0.186. The summed E-state index contributed by atoms with van der Waals surface area (Å²) in [5, 5.41) is 0. The number of carbonyl (C=O) groups is 2. The van der Waals surface area contributed by atoms with E-state index in [0.717, 1.165) is 6.54 Å². The van der Waals surface area contributed by atoms with E-state index in [0.29, 0.717) is 13.0 Å². The Kier molecular flexibility index (Phi) is 3.19. The van der Waals surface area contributed by atoms with Gasteiger partial charge in [-0.15, -0.1) is 0 Å². The normalized spacial score (nSPS) is 28.8. The molecular formula is C15H26N2O2. The maximum Gasteiger partial charge on any atom is 0.228 e. The molecule has 2 fully saturated rings. The molecular weight excluding hydrogens is 240 g/mol. The van der Waals surface area contributed by atoms with E-state index in [1.165, 1.54) is 0 Å². The van der Waals surface area contributed by atoms with Crippen LogP contribution in [0.3, 0.4) is 0 Å². The van der Waals surface area contributed by atoms with Crippen LogP contribution < -0.4 is 0 Å². The summed E-state index contributed by atoms with van der Waals surface area (Å²) in [7, 11) is 0. The summed E-state index contributed by atoms with van der Waals surface area (Å²) < 4.78 is 0. The van der Waals surface area contributed by atoms with Crippen LogP contribution in [0.1, 0.15) is 48.0 Å². The van der Waals surface area contributed by atoms with E-state index in [1.807, 2.05) is 23.6 Å². The number of rotatable bonds is 2. The Morgan fingerprint density at radius 1 is 1.26 bits per heavy atom. The molecule has 0 aliphatic carbocycles. The zero-order chi connectivity index (χ0) is 14.6. The predicted molar refractivity (Wildman–Crippen MR) is 74.5 cm³/mol. The molecule has 2 saturated heterocycles. The van der Waals surface area contributed by atoms with Crippen molar-refractivity contribution in [2.24, 2.45) is 11.3 Å². The molecule has 2 amide bonds. The average molecular weight is 266 g/mol. The molecule has 0 radical (unpaired) electrons. The van der Waals surface area contributed by atoms with Crippen molar-refractivity contribution >= 4 is 11.8 Å². The van der Waals surface area contributed by atoms with E-state index in [4.69, 9.17) is 0 Å². The summed E-state index contributed by atoms with van der Waals surface area (Å²) >= 11 is 0. The molecule has 108 valence electrons. The van der Waals surface area contributed by atoms with Gasteiger partial charge in [-0.2, -0.15) is 0 Å². The van der Waals surface area contributed by atoms with Gasteiger partial charge in [0.25, 0.3) is 0 Å². The standard InChI is InChI=1S/C15H26N2O2/c1-10(2)16-8-11(7-12(16)18)13(19)17-9-14(3,4)15(17,5)6/h10-11H,7-9H2,1-6H3/t11-/m0/s1. The van der Waals surface area contributed by atoms with Gasteiger partial charge < -0.3 is 9.80 Å². The first-order valence-corrected chi connectivity index (χ1v) is 7.19. The van der Waals surface area contributed by atoms with Crippen molar-refractivity contribution < 1.29 is 9.59 Å². The van der Waals surface area contributed by atoms with Gasteiger partial charge in [0, 0.05) is 36.5 Å². The molecule has 2 aliphatic heterocycles. The van der Waals surface area contributed by atoms with Crippen molar-refractivity contribution in [2.75, 3.05) is 13.1 Å². The van der Waals surface area contributed by atoms with Crippen molar-refractivity contribution in [1.82, 2.24) is 9.80 Å². The molecule has 2 heterocycles. The van der Waals surface area contributed by atoms with E-state index >= 15 is 0 Å². The highest BCUT2D eigenvalue weighted by Gasteiger charge is 2.56. The molecule has 0 aromatic carbocycles. The van der Waals surface area contributed by atoms with Crippen LogP contribution in [-0.4, -0.2) is 46.3 Å². The Balaban J connectivity index is 2.06. The molecule has 0 spiro atoms. The van der Waals surface area contributed by atoms with E-state index in [1.54, 1.807) is 0 Å². The van der Waals surface area contributed by atoms with Gasteiger partial charge in [-0.25, -0.2) is 0 Å². The Morgan fingerprint density at radius 3 is 2.21 bits per heavy atom. The lowest BCUT2D eigenvalue weighted by Gasteiger charge is -2.61. The van der Waals surface area contributed by atoms with Crippen molar-refractivity contribution in [3.8, 4) is 0 Å². The minimum absolute atomic E-state index is 0.113. The summed E-state index contributed by atoms with van der Waals surface area (Å²) in [6.07, 6.45) is 0.379. The molecule has 4 heteroatoms. The second kappa shape index (κ2) is 4.22. The van der Waals surface area contributed by atoms with Crippen molar-refractivity contribution in [3.63, 3.8) is 0 Å². The van der Waals surface area contributed by atoms with Crippen LogP contribution in [0.2, 0.25) is 0 Å². The molecule has 2 rings (SSSR count). The minimum Gasteiger partial charge on any atom is -0.339 e. The molecule has 0 unspecified atom stereocenters. The van der Waals surface area contributed by atoms with Crippen LogP contribution >= 0.6 is 0 Å². The van der Waals surface area contributed by atoms with Crippen molar-refractivity contribution in [2.45, 2.75) is 59.5 Å². The third-order valence-corrected chi connectivity index (χ3v) is 5.28. The van der Waals surface area contributed by atoms with Crippen molar-refractivity contribution in [1.29, 1.82) is 0 Å². The molecule has 1 atom stereocenters. The third kappa shape index (κ3) is 2.05. The SMILES string of the molecule is CC(C)N1C[C@@H](C(=O)N2CC(C)(C)C2(C)C)CC1=O. The first-order valence-electron chi connectivity index (χ1n) is 7.19. The molecule has 0 bridgehead atoms. The molecule has 0 aromatic heterocycles. The Morgan fingerprint density at radius 2 is 1.84 bits per heavy atom. The number of hydrogen-bond donors (Lipinski definition) is 0. The Hall–Kier alpha value is -1.06. The highest BCUT2D eigenvalue weighted by Crippen LogP contribution is 2.47. The molecule has 19 heavy (non-hydrogen) atoms. The van der Waals surface area contributed by atoms with Crippen LogP contribution in [0, 0.1) is 11.3 Å². The minimum atomic E-state index is -0.148. The summed E-state index contributed by atoms with van der Waals surface area (Å²) in [5.41, 5.74) is 0.0430. The Bertz CT molecular complexity index is 412. The quantitative estimate of drug-likeness (QED) is 0.766. The highest BCUT2D eigenvalue weighted by molar-refractivity contribution is 5.90. The van der Waals surface area contributed by atoms with Gasteiger partial charge in [-0.3, -0.25) is 9.59 Å². The monoisotopic (exact) mass is 266 g/mol. The first-order chi connectivity index (χ1) is 8.58. The van der Waals surface area contributed by atoms with Gasteiger partial charge in [-0.1, -0.05) is 13.8 Å². The lowest BCUT2D eigenvalue weighted by molar-refractivity contribution is -0.171. The number of carbonyl (C=O) groups excluding carboxylic acids is 2. The maximum absolute atomic E-state index is 12.6. The second-order valence-electron chi connectivity index (χ2n) is 7.41.